The normalized spacial score (nSPS) is 12.0. The van der Waals surface area contributed by atoms with Crippen LogP contribution in [0.1, 0.15) is 24.1 Å². The molecule has 0 unspecified atom stereocenters. The fraction of sp³-hybridized carbons (Fsp3) is 0.294. The minimum Gasteiger partial charge on any atom is -0.493 e. The molecule has 0 bridgehead atoms. The van der Waals surface area contributed by atoms with Crippen LogP contribution in [0.15, 0.2) is 42.5 Å². The van der Waals surface area contributed by atoms with Crippen molar-refractivity contribution in [3.8, 4) is 11.5 Å². The second kappa shape index (κ2) is 7.34. The molecule has 0 radical (unpaired) electrons. The maximum absolute atomic E-state index is 6.23. The molecule has 1 atom stereocenters. The highest BCUT2D eigenvalue weighted by molar-refractivity contribution is 6.32. The minimum absolute atomic E-state index is 0.387. The monoisotopic (exact) mass is 306 g/mol. The van der Waals surface area contributed by atoms with Gasteiger partial charge in [0.1, 0.15) is 12.6 Å². The number of hydrogen-bond acceptors (Lipinski definition) is 2. The van der Waals surface area contributed by atoms with E-state index in [9.17, 15) is 0 Å². The first-order chi connectivity index (χ1) is 10.2. The number of hydrogen-bond donors (Lipinski definition) is 1. The van der Waals surface area contributed by atoms with Gasteiger partial charge in [0.2, 0.25) is 0 Å². The van der Waals surface area contributed by atoms with Crippen LogP contribution in [0.2, 0.25) is 5.02 Å². The highest BCUT2D eigenvalue weighted by atomic mass is 35.5. The van der Waals surface area contributed by atoms with Gasteiger partial charge >= 0.3 is 0 Å². The molecule has 0 aromatic heterocycles. The fourth-order valence-corrected chi connectivity index (χ4v) is 2.61. The summed E-state index contributed by atoms with van der Waals surface area (Å²) in [6.07, 6.45) is 0. The van der Waals surface area contributed by atoms with E-state index in [1.807, 2.05) is 18.2 Å². The maximum atomic E-state index is 6.23. The van der Waals surface area contributed by atoms with Crippen molar-refractivity contribution in [1.82, 2.24) is 0 Å². The van der Waals surface area contributed by atoms with Crippen LogP contribution < -0.4 is 14.8 Å². The Hall–Kier alpha value is -1.71. The molecule has 3 nitrogen and oxygen atoms in total. The molecule has 2 rings (SSSR count). The van der Waals surface area contributed by atoms with E-state index in [-0.39, 0.29) is 0 Å². The quantitative estimate of drug-likeness (QED) is 0.889. The second-order valence-electron chi connectivity index (χ2n) is 4.95. The summed E-state index contributed by atoms with van der Waals surface area (Å²) in [5.74, 6) is 1.25. The van der Waals surface area contributed by atoms with Gasteiger partial charge in [0.15, 0.2) is 11.5 Å². The smallest absolute Gasteiger partial charge is 0.179 e. The Morgan fingerprint density at radius 3 is 2.43 bits per heavy atom. The molecule has 0 saturated heterocycles. The van der Waals surface area contributed by atoms with Crippen molar-refractivity contribution < 1.29 is 14.8 Å². The SMILES string of the molecule is COc1cc(C[NH2+][C@H](C)c2ccccc2)cc(Cl)c1OC. The Morgan fingerprint density at radius 2 is 1.81 bits per heavy atom. The third kappa shape index (κ3) is 3.90. The van der Waals surface area contributed by atoms with Gasteiger partial charge < -0.3 is 14.8 Å². The first kappa shape index (κ1) is 15.7. The molecule has 2 aromatic rings. The molecule has 0 heterocycles. The fourth-order valence-electron chi connectivity index (χ4n) is 2.29. The number of methoxy groups -OCH3 is 2. The van der Waals surface area contributed by atoms with E-state index in [2.05, 4.69) is 36.5 Å². The van der Waals surface area contributed by atoms with Crippen molar-refractivity contribution in [3.63, 3.8) is 0 Å². The van der Waals surface area contributed by atoms with Crippen LogP contribution >= 0.6 is 11.6 Å². The third-order valence-corrected chi connectivity index (χ3v) is 3.81. The molecular formula is C17H21ClNO2+. The summed E-state index contributed by atoms with van der Waals surface area (Å²) in [4.78, 5) is 0. The van der Waals surface area contributed by atoms with Crippen LogP contribution in [0.4, 0.5) is 0 Å². The van der Waals surface area contributed by atoms with Crippen LogP contribution in [-0.4, -0.2) is 14.2 Å². The largest absolute Gasteiger partial charge is 0.493 e. The summed E-state index contributed by atoms with van der Waals surface area (Å²) >= 11 is 6.23. The van der Waals surface area contributed by atoms with Gasteiger partial charge in [-0.1, -0.05) is 41.9 Å². The van der Waals surface area contributed by atoms with E-state index in [1.54, 1.807) is 14.2 Å². The Kier molecular flexibility index (Phi) is 5.48. The minimum atomic E-state index is 0.387. The van der Waals surface area contributed by atoms with Crippen molar-refractivity contribution in [3.05, 3.63) is 58.6 Å². The van der Waals surface area contributed by atoms with Gasteiger partial charge in [-0.15, -0.1) is 0 Å². The Bertz CT molecular complexity index is 587. The topological polar surface area (TPSA) is 35.1 Å². The van der Waals surface area contributed by atoms with Crippen molar-refractivity contribution in [2.75, 3.05) is 14.2 Å². The highest BCUT2D eigenvalue weighted by Crippen LogP contribution is 2.35. The summed E-state index contributed by atoms with van der Waals surface area (Å²) in [5.41, 5.74) is 2.42. The second-order valence-corrected chi connectivity index (χ2v) is 5.36. The average molecular weight is 307 g/mol. The third-order valence-electron chi connectivity index (χ3n) is 3.53. The zero-order valence-electron chi connectivity index (χ0n) is 12.6. The molecule has 21 heavy (non-hydrogen) atoms. The Morgan fingerprint density at radius 1 is 1.10 bits per heavy atom. The van der Waals surface area contributed by atoms with Crippen LogP contribution in [0, 0.1) is 0 Å². The molecule has 2 N–H and O–H groups in total. The molecular weight excluding hydrogens is 286 g/mol. The molecule has 4 heteroatoms. The molecule has 0 spiro atoms. The van der Waals surface area contributed by atoms with E-state index in [1.165, 1.54) is 5.56 Å². The lowest BCUT2D eigenvalue weighted by Gasteiger charge is -2.14. The summed E-state index contributed by atoms with van der Waals surface area (Å²) in [7, 11) is 3.21. The predicted molar refractivity (Wildman–Crippen MR) is 85.0 cm³/mol. The lowest BCUT2D eigenvalue weighted by molar-refractivity contribution is -0.707. The van der Waals surface area contributed by atoms with E-state index in [0.29, 0.717) is 22.6 Å². The Labute approximate surface area is 130 Å². The molecule has 0 aliphatic carbocycles. The maximum Gasteiger partial charge on any atom is 0.179 e. The lowest BCUT2D eigenvalue weighted by Crippen LogP contribution is -2.83. The van der Waals surface area contributed by atoms with E-state index in [0.717, 1.165) is 12.1 Å². The molecule has 2 aromatic carbocycles. The zero-order valence-corrected chi connectivity index (χ0v) is 13.4. The summed E-state index contributed by atoms with van der Waals surface area (Å²) in [6.45, 7) is 3.02. The van der Waals surface area contributed by atoms with Crippen molar-refractivity contribution >= 4 is 11.6 Å². The standard InChI is InChI=1S/C17H20ClNO2/c1-12(14-7-5-4-6-8-14)19-11-13-9-15(18)17(21-3)16(10-13)20-2/h4-10,12,19H,11H2,1-3H3/p+1/t12-/m1/s1. The van der Waals surface area contributed by atoms with Gasteiger partial charge in [-0.3, -0.25) is 0 Å². The van der Waals surface area contributed by atoms with Crippen LogP contribution in [0.3, 0.4) is 0 Å². The number of rotatable bonds is 6. The first-order valence-corrected chi connectivity index (χ1v) is 7.32. The van der Waals surface area contributed by atoms with Gasteiger partial charge in [0.25, 0.3) is 0 Å². The van der Waals surface area contributed by atoms with E-state index >= 15 is 0 Å². The number of halogens is 1. The zero-order chi connectivity index (χ0) is 15.2. The highest BCUT2D eigenvalue weighted by Gasteiger charge is 2.13. The van der Waals surface area contributed by atoms with Crippen LogP contribution in [0.5, 0.6) is 11.5 Å². The first-order valence-electron chi connectivity index (χ1n) is 6.94. The van der Waals surface area contributed by atoms with E-state index in [4.69, 9.17) is 21.1 Å². The van der Waals surface area contributed by atoms with Gasteiger partial charge in [0, 0.05) is 11.1 Å². The summed E-state index contributed by atoms with van der Waals surface area (Å²) in [5, 5.41) is 2.85. The number of nitrogens with two attached hydrogens (primary N) is 1. The van der Waals surface area contributed by atoms with Crippen LogP contribution in [-0.2, 0) is 6.54 Å². The van der Waals surface area contributed by atoms with Crippen molar-refractivity contribution in [1.29, 1.82) is 0 Å². The number of benzene rings is 2. The lowest BCUT2D eigenvalue weighted by atomic mass is 10.1. The molecule has 0 saturated carbocycles. The van der Waals surface area contributed by atoms with Crippen LogP contribution in [0.25, 0.3) is 0 Å². The molecule has 112 valence electrons. The molecule has 0 fully saturated rings. The van der Waals surface area contributed by atoms with Gasteiger partial charge in [-0.25, -0.2) is 0 Å². The number of quaternary nitrogens is 1. The predicted octanol–water partition coefficient (Wildman–Crippen LogP) is 3.18. The van der Waals surface area contributed by atoms with Gasteiger partial charge in [-0.2, -0.15) is 0 Å². The molecule has 0 aliphatic rings. The van der Waals surface area contributed by atoms with Crippen molar-refractivity contribution in [2.24, 2.45) is 0 Å². The van der Waals surface area contributed by atoms with Crippen molar-refractivity contribution in [2.45, 2.75) is 19.5 Å². The summed E-state index contributed by atoms with van der Waals surface area (Å²) < 4.78 is 10.6. The number of ether oxygens (including phenoxy) is 2. The molecule has 0 amide bonds. The van der Waals surface area contributed by atoms with Gasteiger partial charge in [0.05, 0.1) is 19.2 Å². The van der Waals surface area contributed by atoms with Gasteiger partial charge in [-0.05, 0) is 19.1 Å². The molecule has 0 aliphatic heterocycles. The average Bonchev–Trinajstić information content (AvgIpc) is 2.52. The summed E-state index contributed by atoms with van der Waals surface area (Å²) in [6, 6.07) is 14.7. The van der Waals surface area contributed by atoms with E-state index < -0.39 is 0 Å². The Balaban J connectivity index is 2.08.